The van der Waals surface area contributed by atoms with Crippen LogP contribution in [0.3, 0.4) is 0 Å². The summed E-state index contributed by atoms with van der Waals surface area (Å²) in [5, 5.41) is 4.41. The quantitative estimate of drug-likeness (QED) is 0.626. The lowest BCUT2D eigenvalue weighted by atomic mass is 10.0. The summed E-state index contributed by atoms with van der Waals surface area (Å²) in [6, 6.07) is 15.9. The van der Waals surface area contributed by atoms with Gasteiger partial charge in [0.15, 0.2) is 6.61 Å². The number of hydrogen-bond acceptors (Lipinski definition) is 4. The fraction of sp³-hybridized carbons (Fsp3) is 0.105. The average molecular weight is 338 g/mol. The standard InChI is InChI=1S/C19H18N2O4/c1-2-12-20-19(24)21-17(22)13-25-18(23)16-10-8-15(9-11-16)14-6-4-3-5-7-14/h2-11H,1,12-13H2,(H2,20,21,22,24). The molecular weight excluding hydrogens is 320 g/mol. The van der Waals surface area contributed by atoms with Crippen LogP contribution in [0.5, 0.6) is 0 Å². The van der Waals surface area contributed by atoms with E-state index in [2.05, 4.69) is 11.9 Å². The van der Waals surface area contributed by atoms with Gasteiger partial charge in [-0.2, -0.15) is 0 Å². The van der Waals surface area contributed by atoms with Crippen molar-refractivity contribution in [3.63, 3.8) is 0 Å². The van der Waals surface area contributed by atoms with E-state index in [1.807, 2.05) is 35.6 Å². The van der Waals surface area contributed by atoms with E-state index >= 15 is 0 Å². The summed E-state index contributed by atoms with van der Waals surface area (Å²) in [6.45, 7) is 3.12. The summed E-state index contributed by atoms with van der Waals surface area (Å²) in [5.41, 5.74) is 2.32. The van der Waals surface area contributed by atoms with Gasteiger partial charge < -0.3 is 10.1 Å². The van der Waals surface area contributed by atoms with Gasteiger partial charge in [0.25, 0.3) is 5.91 Å². The van der Waals surface area contributed by atoms with Crippen LogP contribution in [0.1, 0.15) is 10.4 Å². The monoisotopic (exact) mass is 338 g/mol. The molecule has 6 nitrogen and oxygen atoms in total. The second-order valence-corrected chi connectivity index (χ2v) is 5.07. The van der Waals surface area contributed by atoms with Gasteiger partial charge >= 0.3 is 12.0 Å². The maximum absolute atomic E-state index is 11.9. The van der Waals surface area contributed by atoms with Gasteiger partial charge in [-0.25, -0.2) is 9.59 Å². The third kappa shape index (κ3) is 5.62. The lowest BCUT2D eigenvalue weighted by Gasteiger charge is -2.07. The number of nitrogens with one attached hydrogen (secondary N) is 2. The number of benzene rings is 2. The van der Waals surface area contributed by atoms with Gasteiger partial charge in [0.05, 0.1) is 5.56 Å². The number of amides is 3. The molecule has 0 unspecified atom stereocenters. The number of carbonyl (C=O) groups excluding carboxylic acids is 3. The molecule has 0 spiro atoms. The molecule has 0 aliphatic heterocycles. The molecule has 0 radical (unpaired) electrons. The van der Waals surface area contributed by atoms with E-state index in [1.54, 1.807) is 24.3 Å². The zero-order chi connectivity index (χ0) is 18.1. The zero-order valence-electron chi connectivity index (χ0n) is 13.5. The molecule has 0 aromatic heterocycles. The second kappa shape index (κ2) is 9.02. The lowest BCUT2D eigenvalue weighted by Crippen LogP contribution is -2.41. The molecule has 2 aromatic rings. The van der Waals surface area contributed by atoms with Crippen molar-refractivity contribution < 1.29 is 19.1 Å². The summed E-state index contributed by atoms with van der Waals surface area (Å²) in [7, 11) is 0. The number of carbonyl (C=O) groups is 3. The van der Waals surface area contributed by atoms with Crippen molar-refractivity contribution in [3.8, 4) is 11.1 Å². The molecule has 0 aliphatic carbocycles. The van der Waals surface area contributed by atoms with Gasteiger partial charge in [0.2, 0.25) is 0 Å². The molecule has 0 atom stereocenters. The van der Waals surface area contributed by atoms with E-state index in [1.165, 1.54) is 6.08 Å². The van der Waals surface area contributed by atoms with Gasteiger partial charge in [-0.15, -0.1) is 6.58 Å². The van der Waals surface area contributed by atoms with Crippen molar-refractivity contribution in [3.05, 3.63) is 72.8 Å². The number of esters is 1. The Morgan fingerprint density at radius 3 is 2.24 bits per heavy atom. The smallest absolute Gasteiger partial charge is 0.338 e. The summed E-state index contributed by atoms with van der Waals surface area (Å²) in [4.78, 5) is 34.7. The number of ether oxygens (including phenoxy) is 1. The predicted octanol–water partition coefficient (Wildman–Crippen LogP) is 2.52. The van der Waals surface area contributed by atoms with Gasteiger partial charge in [-0.1, -0.05) is 48.5 Å². The molecule has 0 heterocycles. The highest BCUT2D eigenvalue weighted by atomic mass is 16.5. The molecule has 2 rings (SSSR count). The number of urea groups is 1. The molecule has 25 heavy (non-hydrogen) atoms. The number of hydrogen-bond donors (Lipinski definition) is 2. The minimum Gasteiger partial charge on any atom is -0.452 e. The Morgan fingerprint density at radius 2 is 1.60 bits per heavy atom. The lowest BCUT2D eigenvalue weighted by molar-refractivity contribution is -0.123. The number of rotatable bonds is 6. The second-order valence-electron chi connectivity index (χ2n) is 5.07. The molecule has 128 valence electrons. The Balaban J connectivity index is 1.85. The minimum absolute atomic E-state index is 0.229. The van der Waals surface area contributed by atoms with Crippen molar-refractivity contribution in [2.45, 2.75) is 0 Å². The first kappa shape index (κ1) is 17.9. The Labute approximate surface area is 145 Å². The van der Waals surface area contributed by atoms with E-state index in [9.17, 15) is 14.4 Å². The van der Waals surface area contributed by atoms with Crippen molar-refractivity contribution in [2.24, 2.45) is 0 Å². The highest BCUT2D eigenvalue weighted by Crippen LogP contribution is 2.19. The van der Waals surface area contributed by atoms with Crippen LogP contribution < -0.4 is 10.6 Å². The molecule has 0 saturated heterocycles. The van der Waals surface area contributed by atoms with Gasteiger partial charge in [-0.05, 0) is 23.3 Å². The van der Waals surface area contributed by atoms with E-state index in [0.29, 0.717) is 5.56 Å². The van der Waals surface area contributed by atoms with Gasteiger partial charge in [0.1, 0.15) is 0 Å². The van der Waals surface area contributed by atoms with E-state index in [0.717, 1.165) is 11.1 Å². The Hall–Kier alpha value is -3.41. The number of imide groups is 1. The molecular formula is C19H18N2O4. The van der Waals surface area contributed by atoms with Crippen LogP contribution in [0.15, 0.2) is 67.3 Å². The van der Waals surface area contributed by atoms with E-state index < -0.39 is 24.5 Å². The molecule has 6 heteroatoms. The van der Waals surface area contributed by atoms with Gasteiger partial charge in [0, 0.05) is 6.54 Å². The molecule has 0 saturated carbocycles. The first-order valence-electron chi connectivity index (χ1n) is 7.61. The molecule has 3 amide bonds. The van der Waals surface area contributed by atoms with Crippen LogP contribution in [0.4, 0.5) is 4.79 Å². The Morgan fingerprint density at radius 1 is 0.960 bits per heavy atom. The summed E-state index contributed by atoms with van der Waals surface area (Å²) in [6.07, 6.45) is 1.48. The van der Waals surface area contributed by atoms with Crippen LogP contribution in [0.25, 0.3) is 11.1 Å². The van der Waals surface area contributed by atoms with Gasteiger partial charge in [-0.3, -0.25) is 10.1 Å². The van der Waals surface area contributed by atoms with Crippen molar-refractivity contribution in [2.75, 3.05) is 13.2 Å². The van der Waals surface area contributed by atoms with E-state index in [-0.39, 0.29) is 6.54 Å². The molecule has 2 N–H and O–H groups in total. The average Bonchev–Trinajstić information content (AvgIpc) is 2.65. The molecule has 2 aromatic carbocycles. The summed E-state index contributed by atoms with van der Waals surface area (Å²) < 4.78 is 4.89. The summed E-state index contributed by atoms with van der Waals surface area (Å²) in [5.74, 6) is -1.35. The third-order valence-corrected chi connectivity index (χ3v) is 3.22. The first-order valence-corrected chi connectivity index (χ1v) is 7.61. The van der Waals surface area contributed by atoms with E-state index in [4.69, 9.17) is 4.74 Å². The Bertz CT molecular complexity index is 755. The van der Waals surface area contributed by atoms with Crippen LogP contribution in [0.2, 0.25) is 0 Å². The highest BCUT2D eigenvalue weighted by molar-refractivity contribution is 5.97. The largest absolute Gasteiger partial charge is 0.452 e. The van der Waals surface area contributed by atoms with Crippen molar-refractivity contribution in [1.82, 2.24) is 10.6 Å². The Kier molecular flexibility index (Phi) is 6.47. The van der Waals surface area contributed by atoms with Crippen LogP contribution >= 0.6 is 0 Å². The SMILES string of the molecule is C=CCNC(=O)NC(=O)COC(=O)c1ccc(-c2ccccc2)cc1. The maximum atomic E-state index is 11.9. The summed E-state index contributed by atoms with van der Waals surface area (Å²) >= 11 is 0. The minimum atomic E-state index is -0.712. The molecule has 0 aliphatic rings. The third-order valence-electron chi connectivity index (χ3n) is 3.22. The first-order chi connectivity index (χ1) is 12.1. The highest BCUT2D eigenvalue weighted by Gasteiger charge is 2.12. The van der Waals surface area contributed by atoms with Crippen molar-refractivity contribution >= 4 is 17.9 Å². The topological polar surface area (TPSA) is 84.5 Å². The fourth-order valence-electron chi connectivity index (χ4n) is 2.02. The van der Waals surface area contributed by atoms with Crippen LogP contribution in [0, 0.1) is 0 Å². The zero-order valence-corrected chi connectivity index (χ0v) is 13.5. The normalized spacial score (nSPS) is 9.76. The van der Waals surface area contributed by atoms with Crippen molar-refractivity contribution in [1.29, 1.82) is 0 Å². The van der Waals surface area contributed by atoms with Crippen LogP contribution in [-0.4, -0.2) is 31.1 Å². The molecule has 0 fully saturated rings. The predicted molar refractivity (Wildman–Crippen MR) is 93.9 cm³/mol. The maximum Gasteiger partial charge on any atom is 0.338 e. The van der Waals surface area contributed by atoms with Crippen LogP contribution in [-0.2, 0) is 9.53 Å². The molecule has 0 bridgehead atoms. The fourth-order valence-corrected chi connectivity index (χ4v) is 2.02.